The Morgan fingerprint density at radius 2 is 2.36 bits per heavy atom. The lowest BCUT2D eigenvalue weighted by atomic mass is 10.2. The lowest BCUT2D eigenvalue weighted by Crippen LogP contribution is -2.15. The third-order valence-corrected chi connectivity index (χ3v) is 1.70. The molecule has 0 aromatic carbocycles. The number of nitrogens with zero attached hydrogens (tertiary/aromatic N) is 2. The van der Waals surface area contributed by atoms with Gasteiger partial charge < -0.3 is 4.90 Å². The minimum absolute atomic E-state index is 0.995. The molecule has 0 atom stereocenters. The van der Waals surface area contributed by atoms with Gasteiger partial charge in [0.05, 0.1) is 5.70 Å². The summed E-state index contributed by atoms with van der Waals surface area (Å²) < 4.78 is 0. The van der Waals surface area contributed by atoms with E-state index < -0.39 is 0 Å². The predicted molar refractivity (Wildman–Crippen MR) is 48.6 cm³/mol. The predicted octanol–water partition coefficient (Wildman–Crippen LogP) is 1.81. The van der Waals surface area contributed by atoms with Crippen molar-refractivity contribution >= 4 is 6.21 Å². The topological polar surface area (TPSA) is 15.6 Å². The molecule has 1 heterocycles. The van der Waals surface area contributed by atoms with Crippen LogP contribution in [0, 0.1) is 0 Å². The number of allylic oxidation sites excluding steroid dienone is 1. The van der Waals surface area contributed by atoms with Gasteiger partial charge in [0.1, 0.15) is 0 Å². The second-order valence-corrected chi connectivity index (χ2v) is 2.73. The van der Waals surface area contributed by atoms with Crippen molar-refractivity contribution in [1.82, 2.24) is 4.90 Å². The summed E-state index contributed by atoms with van der Waals surface area (Å²) in [6.07, 6.45) is 6.07. The van der Waals surface area contributed by atoms with Crippen LogP contribution in [0.4, 0.5) is 0 Å². The summed E-state index contributed by atoms with van der Waals surface area (Å²) in [4.78, 5) is 6.36. The largest absolute Gasteiger partial charge is 0.375 e. The van der Waals surface area contributed by atoms with Crippen molar-refractivity contribution in [1.29, 1.82) is 0 Å². The zero-order chi connectivity index (χ0) is 8.27. The Morgan fingerprint density at radius 1 is 1.64 bits per heavy atom. The van der Waals surface area contributed by atoms with Gasteiger partial charge in [-0.1, -0.05) is 6.08 Å². The van der Waals surface area contributed by atoms with Gasteiger partial charge in [-0.15, -0.1) is 0 Å². The number of aliphatic imine (C=N–C) groups is 1. The van der Waals surface area contributed by atoms with Crippen LogP contribution in [0.3, 0.4) is 0 Å². The summed E-state index contributed by atoms with van der Waals surface area (Å²) in [5.41, 5.74) is 2.34. The average Bonchev–Trinajstić information content (AvgIpc) is 1.98. The van der Waals surface area contributed by atoms with Crippen LogP contribution >= 0.6 is 0 Å². The Kier molecular flexibility index (Phi) is 2.47. The smallest absolute Gasteiger partial charge is 0.0810 e. The number of hydrogen-bond acceptors (Lipinski definition) is 2. The Morgan fingerprint density at radius 3 is 3.00 bits per heavy atom. The van der Waals surface area contributed by atoms with Crippen molar-refractivity contribution in [3.8, 4) is 0 Å². The highest BCUT2D eigenvalue weighted by atomic mass is 15.1. The first-order valence-electron chi connectivity index (χ1n) is 3.82. The van der Waals surface area contributed by atoms with E-state index >= 15 is 0 Å². The molecule has 0 aromatic rings. The van der Waals surface area contributed by atoms with E-state index in [1.165, 1.54) is 5.57 Å². The van der Waals surface area contributed by atoms with Gasteiger partial charge in [0.25, 0.3) is 0 Å². The van der Waals surface area contributed by atoms with Gasteiger partial charge in [0.15, 0.2) is 0 Å². The van der Waals surface area contributed by atoms with Crippen LogP contribution in [0.5, 0.6) is 0 Å². The van der Waals surface area contributed by atoms with Crippen LogP contribution < -0.4 is 0 Å². The fraction of sp³-hybridized carbons (Fsp3) is 0.444. The highest BCUT2D eigenvalue weighted by Gasteiger charge is 2.04. The Labute approximate surface area is 67.9 Å². The van der Waals surface area contributed by atoms with Crippen molar-refractivity contribution < 1.29 is 0 Å². The summed E-state index contributed by atoms with van der Waals surface area (Å²) in [5.74, 6) is 0. The maximum atomic E-state index is 4.24. The van der Waals surface area contributed by atoms with E-state index in [1.807, 2.05) is 20.2 Å². The summed E-state index contributed by atoms with van der Waals surface area (Å²) in [7, 11) is 2.05. The van der Waals surface area contributed by atoms with Gasteiger partial charge in [0, 0.05) is 26.0 Å². The summed E-state index contributed by atoms with van der Waals surface area (Å²) in [6.45, 7) is 5.02. The van der Waals surface area contributed by atoms with Crippen LogP contribution in [0.1, 0.15) is 13.8 Å². The molecule has 11 heavy (non-hydrogen) atoms. The third kappa shape index (κ3) is 1.93. The molecular weight excluding hydrogens is 136 g/mol. The van der Waals surface area contributed by atoms with Crippen LogP contribution in [0.2, 0.25) is 0 Å². The fourth-order valence-corrected chi connectivity index (χ4v) is 1.02. The molecule has 60 valence electrons. The molecule has 0 aliphatic carbocycles. The van der Waals surface area contributed by atoms with E-state index in [0.717, 1.165) is 12.2 Å². The minimum Gasteiger partial charge on any atom is -0.375 e. The van der Waals surface area contributed by atoms with Gasteiger partial charge in [-0.2, -0.15) is 0 Å². The maximum absolute atomic E-state index is 4.24. The van der Waals surface area contributed by atoms with Crippen molar-refractivity contribution in [2.75, 3.05) is 13.6 Å². The first kappa shape index (κ1) is 8.05. The van der Waals surface area contributed by atoms with Crippen LogP contribution in [-0.2, 0) is 0 Å². The molecule has 0 saturated carbocycles. The van der Waals surface area contributed by atoms with Crippen molar-refractivity contribution in [2.24, 2.45) is 4.99 Å². The van der Waals surface area contributed by atoms with E-state index in [0.29, 0.717) is 0 Å². The van der Waals surface area contributed by atoms with Crippen molar-refractivity contribution in [2.45, 2.75) is 13.8 Å². The van der Waals surface area contributed by atoms with Gasteiger partial charge in [0.2, 0.25) is 0 Å². The molecule has 0 saturated heterocycles. The van der Waals surface area contributed by atoms with E-state index in [9.17, 15) is 0 Å². The summed E-state index contributed by atoms with van der Waals surface area (Å²) in [6, 6.07) is 0. The minimum atomic E-state index is 0.995. The standard InChI is InChI=1S/C9H14N2/c1-4-10-9-7-11(3)6-5-8(9)2/h4-5,7H,6H2,1-3H3. The quantitative estimate of drug-likeness (QED) is 0.520. The Bertz CT molecular complexity index is 224. The fourth-order valence-electron chi connectivity index (χ4n) is 1.02. The monoisotopic (exact) mass is 150 g/mol. The van der Waals surface area contributed by atoms with E-state index in [1.54, 1.807) is 0 Å². The maximum Gasteiger partial charge on any atom is 0.0810 e. The van der Waals surface area contributed by atoms with E-state index in [2.05, 4.69) is 29.1 Å². The van der Waals surface area contributed by atoms with Gasteiger partial charge in [-0.05, 0) is 19.4 Å². The summed E-state index contributed by atoms with van der Waals surface area (Å²) >= 11 is 0. The lowest BCUT2D eigenvalue weighted by Gasteiger charge is -2.18. The zero-order valence-electron chi connectivity index (χ0n) is 7.33. The Balaban J connectivity index is 2.81. The van der Waals surface area contributed by atoms with Crippen LogP contribution in [0.25, 0.3) is 0 Å². The third-order valence-electron chi connectivity index (χ3n) is 1.70. The molecule has 1 aliphatic heterocycles. The van der Waals surface area contributed by atoms with Crippen molar-refractivity contribution in [3.05, 3.63) is 23.5 Å². The molecular formula is C9H14N2. The van der Waals surface area contributed by atoms with Crippen LogP contribution in [0.15, 0.2) is 28.5 Å². The SMILES string of the molecule is CC=NC1=CN(C)CC=C1C. The molecule has 0 fully saturated rings. The number of hydrogen-bond donors (Lipinski definition) is 0. The van der Waals surface area contributed by atoms with Gasteiger partial charge in [-0.25, -0.2) is 0 Å². The highest BCUT2D eigenvalue weighted by Crippen LogP contribution is 2.15. The molecule has 0 spiro atoms. The summed E-state index contributed by atoms with van der Waals surface area (Å²) in [5, 5.41) is 0. The molecule has 1 aliphatic rings. The average molecular weight is 150 g/mol. The molecule has 0 radical (unpaired) electrons. The highest BCUT2D eigenvalue weighted by molar-refractivity contribution is 5.57. The zero-order valence-corrected chi connectivity index (χ0v) is 7.33. The molecule has 2 heteroatoms. The molecule has 0 unspecified atom stereocenters. The second-order valence-electron chi connectivity index (χ2n) is 2.73. The molecule has 0 amide bonds. The lowest BCUT2D eigenvalue weighted by molar-refractivity contribution is 0.496. The Hall–Kier alpha value is -1.05. The van der Waals surface area contributed by atoms with Gasteiger partial charge >= 0.3 is 0 Å². The molecule has 2 nitrogen and oxygen atoms in total. The molecule has 0 aromatic heterocycles. The molecule has 1 rings (SSSR count). The van der Waals surface area contributed by atoms with Crippen molar-refractivity contribution in [3.63, 3.8) is 0 Å². The van der Waals surface area contributed by atoms with Crippen LogP contribution in [-0.4, -0.2) is 24.7 Å². The van der Waals surface area contributed by atoms with E-state index in [4.69, 9.17) is 0 Å². The molecule has 0 bridgehead atoms. The van der Waals surface area contributed by atoms with E-state index in [-0.39, 0.29) is 0 Å². The molecule has 0 N–H and O–H groups in total. The number of likely N-dealkylation sites (N-methyl/N-ethyl adjacent to an activating group) is 1. The van der Waals surface area contributed by atoms with Gasteiger partial charge in [-0.3, -0.25) is 4.99 Å². The normalized spacial score (nSPS) is 18.6. The first-order chi connectivity index (χ1) is 5.24. The number of rotatable bonds is 1. The first-order valence-corrected chi connectivity index (χ1v) is 3.82. The second kappa shape index (κ2) is 3.37.